The fraction of sp³-hybridized carbons (Fsp3) is 0.143. The number of hydrogen-bond donors (Lipinski definition) is 1. The summed E-state index contributed by atoms with van der Waals surface area (Å²) in [7, 11) is 0. The molecule has 0 bridgehead atoms. The lowest BCUT2D eigenvalue weighted by molar-refractivity contribution is -0.117. The second-order valence-electron chi connectivity index (χ2n) is 6.58. The number of carbonyl (C=O) groups excluding carboxylic acids is 1. The number of ether oxygens (including phenoxy) is 1. The van der Waals surface area contributed by atoms with Gasteiger partial charge in [-0.15, -0.1) is 0 Å². The first-order chi connectivity index (χ1) is 14.9. The standard InChI is InChI=1S/C21H17F2N5O3/c1-2-31-15-6-3-13(4-7-15)17-10-19-21(30)27(24-12-28(19)26-17)11-20(29)25-18-9-14(22)5-8-16(18)23/h3-10,12H,2,11H2,1H3,(H,25,29). The van der Waals surface area contributed by atoms with Gasteiger partial charge in [-0.1, -0.05) is 0 Å². The number of carbonyl (C=O) groups is 1. The Morgan fingerprint density at radius 2 is 1.90 bits per heavy atom. The van der Waals surface area contributed by atoms with Crippen molar-refractivity contribution < 1.29 is 18.3 Å². The van der Waals surface area contributed by atoms with Crippen LogP contribution in [0.1, 0.15) is 6.92 Å². The van der Waals surface area contributed by atoms with Gasteiger partial charge >= 0.3 is 0 Å². The van der Waals surface area contributed by atoms with E-state index in [0.29, 0.717) is 12.3 Å². The molecule has 0 aliphatic carbocycles. The van der Waals surface area contributed by atoms with Crippen LogP contribution in [0.5, 0.6) is 5.75 Å². The number of hydrogen-bond acceptors (Lipinski definition) is 5. The number of fused-ring (bicyclic) bond motifs is 1. The molecule has 4 rings (SSSR count). The first-order valence-corrected chi connectivity index (χ1v) is 9.38. The van der Waals surface area contributed by atoms with Crippen LogP contribution in [0, 0.1) is 11.6 Å². The van der Waals surface area contributed by atoms with Crippen molar-refractivity contribution in [3.8, 4) is 17.0 Å². The molecule has 10 heteroatoms. The van der Waals surface area contributed by atoms with Gasteiger partial charge in [-0.2, -0.15) is 10.2 Å². The van der Waals surface area contributed by atoms with Crippen molar-refractivity contribution in [2.75, 3.05) is 11.9 Å². The van der Waals surface area contributed by atoms with E-state index in [9.17, 15) is 18.4 Å². The minimum Gasteiger partial charge on any atom is -0.494 e. The molecule has 0 aliphatic rings. The third kappa shape index (κ3) is 4.27. The summed E-state index contributed by atoms with van der Waals surface area (Å²) in [6.45, 7) is 1.97. The molecule has 0 unspecified atom stereocenters. The highest BCUT2D eigenvalue weighted by Gasteiger charge is 2.14. The van der Waals surface area contributed by atoms with Crippen molar-refractivity contribution in [1.82, 2.24) is 19.4 Å². The third-order valence-electron chi connectivity index (χ3n) is 4.45. The number of aromatic nitrogens is 4. The molecule has 1 amide bonds. The van der Waals surface area contributed by atoms with Crippen LogP contribution in [-0.2, 0) is 11.3 Å². The molecule has 0 saturated heterocycles. The van der Waals surface area contributed by atoms with Crippen molar-refractivity contribution in [1.29, 1.82) is 0 Å². The molecule has 2 aromatic carbocycles. The molecule has 31 heavy (non-hydrogen) atoms. The smallest absolute Gasteiger partial charge is 0.293 e. The topological polar surface area (TPSA) is 90.5 Å². The van der Waals surface area contributed by atoms with Crippen molar-refractivity contribution >= 4 is 17.1 Å². The van der Waals surface area contributed by atoms with Crippen LogP contribution in [0.4, 0.5) is 14.5 Å². The number of anilines is 1. The average molecular weight is 425 g/mol. The average Bonchev–Trinajstić information content (AvgIpc) is 3.19. The van der Waals surface area contributed by atoms with Gasteiger partial charge in [-0.05, 0) is 49.4 Å². The van der Waals surface area contributed by atoms with E-state index in [4.69, 9.17) is 4.74 Å². The van der Waals surface area contributed by atoms with Crippen LogP contribution in [0.3, 0.4) is 0 Å². The molecule has 4 aromatic rings. The van der Waals surface area contributed by atoms with E-state index in [1.165, 1.54) is 10.8 Å². The minimum atomic E-state index is -0.790. The summed E-state index contributed by atoms with van der Waals surface area (Å²) in [5.41, 5.74) is 0.662. The quantitative estimate of drug-likeness (QED) is 0.513. The summed E-state index contributed by atoms with van der Waals surface area (Å²) in [5, 5.41) is 10.5. The molecule has 1 N–H and O–H groups in total. The van der Waals surface area contributed by atoms with Crippen molar-refractivity contribution in [2.24, 2.45) is 0 Å². The Kier molecular flexibility index (Phi) is 5.44. The lowest BCUT2D eigenvalue weighted by Gasteiger charge is -2.07. The summed E-state index contributed by atoms with van der Waals surface area (Å²) in [6, 6.07) is 11.5. The Hall–Kier alpha value is -4.08. The Balaban J connectivity index is 1.57. The maximum atomic E-state index is 13.7. The van der Waals surface area contributed by atoms with E-state index < -0.39 is 29.6 Å². The van der Waals surface area contributed by atoms with E-state index in [-0.39, 0.29) is 11.2 Å². The highest BCUT2D eigenvalue weighted by Crippen LogP contribution is 2.22. The molecule has 0 spiro atoms. The second-order valence-corrected chi connectivity index (χ2v) is 6.58. The van der Waals surface area contributed by atoms with Crippen molar-refractivity contribution in [3.63, 3.8) is 0 Å². The first kappa shape index (κ1) is 20.2. The van der Waals surface area contributed by atoms with Crippen LogP contribution < -0.4 is 15.6 Å². The van der Waals surface area contributed by atoms with Gasteiger partial charge in [0.2, 0.25) is 5.91 Å². The van der Waals surface area contributed by atoms with Crippen LogP contribution in [-0.4, -0.2) is 31.9 Å². The van der Waals surface area contributed by atoms with E-state index >= 15 is 0 Å². The molecule has 2 heterocycles. The lowest BCUT2D eigenvalue weighted by Crippen LogP contribution is -2.30. The van der Waals surface area contributed by atoms with Crippen LogP contribution in [0.15, 0.2) is 59.7 Å². The SMILES string of the molecule is CCOc1ccc(-c2cc3c(=O)n(CC(=O)Nc4cc(F)ccc4F)ncn3n2)cc1. The Labute approximate surface area is 174 Å². The summed E-state index contributed by atoms with van der Waals surface area (Å²) in [5.74, 6) is -1.50. The fourth-order valence-corrected chi connectivity index (χ4v) is 3.00. The van der Waals surface area contributed by atoms with Gasteiger partial charge in [-0.3, -0.25) is 9.59 Å². The maximum Gasteiger partial charge on any atom is 0.293 e. The predicted molar refractivity (Wildman–Crippen MR) is 109 cm³/mol. The number of rotatable bonds is 6. The van der Waals surface area contributed by atoms with Crippen molar-refractivity contribution in [3.05, 3.63) is 76.8 Å². The van der Waals surface area contributed by atoms with E-state index in [1.54, 1.807) is 18.2 Å². The molecule has 158 valence electrons. The Bertz CT molecular complexity index is 1320. The number of amides is 1. The summed E-state index contributed by atoms with van der Waals surface area (Å²) >= 11 is 0. The largest absolute Gasteiger partial charge is 0.494 e. The van der Waals surface area contributed by atoms with Gasteiger partial charge in [0.05, 0.1) is 18.0 Å². The normalized spacial score (nSPS) is 10.9. The number of benzene rings is 2. The van der Waals surface area contributed by atoms with Gasteiger partial charge < -0.3 is 10.1 Å². The fourth-order valence-electron chi connectivity index (χ4n) is 3.00. The highest BCUT2D eigenvalue weighted by molar-refractivity contribution is 5.90. The lowest BCUT2D eigenvalue weighted by atomic mass is 10.1. The molecule has 0 saturated carbocycles. The molecule has 2 aromatic heterocycles. The summed E-state index contributed by atoms with van der Waals surface area (Å²) in [4.78, 5) is 24.9. The van der Waals surface area contributed by atoms with Gasteiger partial charge in [0.1, 0.15) is 35.8 Å². The van der Waals surface area contributed by atoms with E-state index in [0.717, 1.165) is 34.2 Å². The molecular weight excluding hydrogens is 408 g/mol. The van der Waals surface area contributed by atoms with Gasteiger partial charge in [0, 0.05) is 11.6 Å². The first-order valence-electron chi connectivity index (χ1n) is 9.38. The zero-order valence-electron chi connectivity index (χ0n) is 16.4. The zero-order chi connectivity index (χ0) is 22.0. The molecule has 8 nitrogen and oxygen atoms in total. The van der Waals surface area contributed by atoms with Gasteiger partial charge in [0.15, 0.2) is 0 Å². The molecule has 0 fully saturated rings. The van der Waals surface area contributed by atoms with E-state index in [2.05, 4.69) is 15.5 Å². The molecule has 0 radical (unpaired) electrons. The van der Waals surface area contributed by atoms with Crippen LogP contribution in [0.2, 0.25) is 0 Å². The second kappa shape index (κ2) is 8.34. The Morgan fingerprint density at radius 3 is 2.65 bits per heavy atom. The monoisotopic (exact) mass is 425 g/mol. The number of nitrogens with zero attached hydrogens (tertiary/aromatic N) is 4. The molecule has 0 aliphatic heterocycles. The zero-order valence-corrected chi connectivity index (χ0v) is 16.4. The van der Waals surface area contributed by atoms with Gasteiger partial charge in [-0.25, -0.2) is 18.0 Å². The van der Waals surface area contributed by atoms with Crippen LogP contribution >= 0.6 is 0 Å². The van der Waals surface area contributed by atoms with Crippen molar-refractivity contribution in [2.45, 2.75) is 13.5 Å². The third-order valence-corrected chi connectivity index (χ3v) is 4.45. The number of halogens is 2. The van der Waals surface area contributed by atoms with Gasteiger partial charge in [0.25, 0.3) is 5.56 Å². The minimum absolute atomic E-state index is 0.212. The molecular formula is C21H17F2N5O3. The predicted octanol–water partition coefficient (Wildman–Crippen LogP) is 2.87. The Morgan fingerprint density at radius 1 is 1.13 bits per heavy atom. The van der Waals surface area contributed by atoms with Crippen LogP contribution in [0.25, 0.3) is 16.8 Å². The summed E-state index contributed by atoms with van der Waals surface area (Å²) in [6.07, 6.45) is 1.30. The highest BCUT2D eigenvalue weighted by atomic mass is 19.1. The van der Waals surface area contributed by atoms with E-state index in [1.807, 2.05) is 19.1 Å². The number of nitrogens with one attached hydrogen (secondary N) is 1. The summed E-state index contributed by atoms with van der Waals surface area (Å²) < 4.78 is 34.6. The maximum absolute atomic E-state index is 13.7. The molecule has 0 atom stereocenters.